The predicted octanol–water partition coefficient (Wildman–Crippen LogP) is 4.44. The average molecular weight is 282 g/mol. The van der Waals surface area contributed by atoms with Crippen molar-refractivity contribution in [3.05, 3.63) is 64.2 Å². The monoisotopic (exact) mass is 282 g/mol. The Hall–Kier alpha value is -2.09. The molecular formula is C19H22O2. The van der Waals surface area contributed by atoms with E-state index in [1.54, 1.807) is 0 Å². The summed E-state index contributed by atoms with van der Waals surface area (Å²) in [6, 6.07) is 12.0. The number of Topliss-reactive ketones (excluding diaryl/α,β-unsaturated/α-hetero) is 1. The fourth-order valence-corrected chi connectivity index (χ4v) is 2.77. The molecule has 0 aliphatic carbocycles. The molecule has 0 aliphatic rings. The molecule has 2 aromatic carbocycles. The smallest absolute Gasteiger partial charge is 0.200 e. The maximum atomic E-state index is 12.4. The maximum absolute atomic E-state index is 12.4. The first kappa shape index (κ1) is 15.3. The number of para-hydroxylation sites is 1. The molecule has 0 bridgehead atoms. The van der Waals surface area contributed by atoms with Crippen LogP contribution in [0, 0.1) is 20.8 Å². The molecule has 0 fully saturated rings. The quantitative estimate of drug-likeness (QED) is 0.758. The number of hydrogen-bond acceptors (Lipinski definition) is 2. The first-order chi connectivity index (χ1) is 10.0. The Balaban J connectivity index is 2.16. The third kappa shape index (κ3) is 3.52. The Morgan fingerprint density at radius 3 is 2.29 bits per heavy atom. The second kappa shape index (κ2) is 6.57. The minimum Gasteiger partial charge on any atom is -0.485 e. The summed E-state index contributed by atoms with van der Waals surface area (Å²) >= 11 is 0. The van der Waals surface area contributed by atoms with Crippen LogP contribution >= 0.6 is 0 Å². The lowest BCUT2D eigenvalue weighted by Gasteiger charge is -2.13. The van der Waals surface area contributed by atoms with E-state index in [-0.39, 0.29) is 12.4 Å². The summed E-state index contributed by atoms with van der Waals surface area (Å²) in [4.78, 5) is 12.4. The molecule has 0 aromatic heterocycles. The van der Waals surface area contributed by atoms with E-state index in [9.17, 15) is 4.79 Å². The Kier molecular flexibility index (Phi) is 4.79. The molecule has 0 amide bonds. The number of carbonyl (C=O) groups is 1. The summed E-state index contributed by atoms with van der Waals surface area (Å²) in [6.07, 6.45) is 0.896. The number of hydrogen-bond donors (Lipinski definition) is 0. The summed E-state index contributed by atoms with van der Waals surface area (Å²) < 4.78 is 5.73. The van der Waals surface area contributed by atoms with Gasteiger partial charge in [0.15, 0.2) is 6.61 Å². The van der Waals surface area contributed by atoms with E-state index in [1.807, 2.05) is 57.2 Å². The van der Waals surface area contributed by atoms with E-state index in [0.717, 1.165) is 34.4 Å². The van der Waals surface area contributed by atoms with Crippen molar-refractivity contribution >= 4 is 5.78 Å². The third-order valence-electron chi connectivity index (χ3n) is 3.67. The van der Waals surface area contributed by atoms with Gasteiger partial charge in [-0.3, -0.25) is 4.79 Å². The topological polar surface area (TPSA) is 26.3 Å². The molecule has 21 heavy (non-hydrogen) atoms. The predicted molar refractivity (Wildman–Crippen MR) is 86.3 cm³/mol. The van der Waals surface area contributed by atoms with Gasteiger partial charge in [-0.25, -0.2) is 0 Å². The van der Waals surface area contributed by atoms with Crippen molar-refractivity contribution in [3.8, 4) is 5.75 Å². The van der Waals surface area contributed by atoms with Gasteiger partial charge in [-0.1, -0.05) is 42.8 Å². The molecule has 0 aliphatic heterocycles. The van der Waals surface area contributed by atoms with Crippen LogP contribution < -0.4 is 4.74 Å². The van der Waals surface area contributed by atoms with Crippen molar-refractivity contribution in [1.29, 1.82) is 0 Å². The Labute approximate surface area is 126 Å². The molecule has 0 saturated heterocycles. The number of aryl methyl sites for hydroxylation is 4. The van der Waals surface area contributed by atoms with Gasteiger partial charge in [-0.2, -0.15) is 0 Å². The van der Waals surface area contributed by atoms with E-state index in [4.69, 9.17) is 4.74 Å². The first-order valence-corrected chi connectivity index (χ1v) is 7.34. The van der Waals surface area contributed by atoms with Crippen LogP contribution in [0.2, 0.25) is 0 Å². The molecule has 0 N–H and O–H groups in total. The van der Waals surface area contributed by atoms with Gasteiger partial charge in [-0.05, 0) is 49.9 Å². The largest absolute Gasteiger partial charge is 0.485 e. The van der Waals surface area contributed by atoms with E-state index in [2.05, 4.69) is 6.92 Å². The van der Waals surface area contributed by atoms with Crippen molar-refractivity contribution in [3.63, 3.8) is 0 Å². The number of rotatable bonds is 5. The van der Waals surface area contributed by atoms with Gasteiger partial charge in [0.2, 0.25) is 5.78 Å². The third-order valence-corrected chi connectivity index (χ3v) is 3.67. The second-order valence-corrected chi connectivity index (χ2v) is 5.45. The van der Waals surface area contributed by atoms with Crippen LogP contribution in [0.3, 0.4) is 0 Å². The van der Waals surface area contributed by atoms with Gasteiger partial charge in [0.1, 0.15) is 5.75 Å². The van der Waals surface area contributed by atoms with Crippen LogP contribution in [-0.4, -0.2) is 12.4 Å². The van der Waals surface area contributed by atoms with Gasteiger partial charge in [0, 0.05) is 5.56 Å². The number of carbonyl (C=O) groups excluding carboxylic acids is 1. The lowest BCUT2D eigenvalue weighted by Crippen LogP contribution is -2.15. The molecule has 2 aromatic rings. The van der Waals surface area contributed by atoms with E-state index >= 15 is 0 Å². The molecule has 0 spiro atoms. The molecule has 0 atom stereocenters. The van der Waals surface area contributed by atoms with E-state index in [1.165, 1.54) is 5.56 Å². The van der Waals surface area contributed by atoms with Gasteiger partial charge < -0.3 is 4.74 Å². The van der Waals surface area contributed by atoms with Gasteiger partial charge in [0.25, 0.3) is 0 Å². The lowest BCUT2D eigenvalue weighted by atomic mass is 9.97. The second-order valence-electron chi connectivity index (χ2n) is 5.45. The fraction of sp³-hybridized carbons (Fsp3) is 0.316. The van der Waals surface area contributed by atoms with Crippen LogP contribution in [0.15, 0.2) is 36.4 Å². The summed E-state index contributed by atoms with van der Waals surface area (Å²) in [5, 5.41) is 0. The molecule has 110 valence electrons. The van der Waals surface area contributed by atoms with Crippen molar-refractivity contribution in [1.82, 2.24) is 0 Å². The summed E-state index contributed by atoms with van der Waals surface area (Å²) in [5.74, 6) is 0.840. The normalized spacial score (nSPS) is 10.5. The SMILES string of the molecule is CCc1ccccc1OCC(=O)c1c(C)cc(C)cc1C. The molecule has 2 rings (SSSR count). The van der Waals surface area contributed by atoms with Crippen LogP contribution in [0.5, 0.6) is 5.75 Å². The number of ketones is 1. The standard InChI is InChI=1S/C19H22O2/c1-5-16-8-6-7-9-18(16)21-12-17(20)19-14(3)10-13(2)11-15(19)4/h6-11H,5,12H2,1-4H3. The number of ether oxygens (including phenoxy) is 1. The van der Waals surface area contributed by atoms with Crippen molar-refractivity contribution in [2.45, 2.75) is 34.1 Å². The zero-order valence-corrected chi connectivity index (χ0v) is 13.2. The summed E-state index contributed by atoms with van der Waals surface area (Å²) in [7, 11) is 0. The van der Waals surface area contributed by atoms with Gasteiger partial charge >= 0.3 is 0 Å². The minimum atomic E-state index is 0.0379. The highest BCUT2D eigenvalue weighted by Crippen LogP contribution is 2.20. The minimum absolute atomic E-state index is 0.0379. The van der Waals surface area contributed by atoms with Crippen LogP contribution in [0.1, 0.15) is 39.5 Å². The fourth-order valence-electron chi connectivity index (χ4n) is 2.77. The molecular weight excluding hydrogens is 260 g/mol. The molecule has 0 unspecified atom stereocenters. The molecule has 0 saturated carbocycles. The zero-order chi connectivity index (χ0) is 15.4. The first-order valence-electron chi connectivity index (χ1n) is 7.34. The highest BCUT2D eigenvalue weighted by atomic mass is 16.5. The van der Waals surface area contributed by atoms with Crippen molar-refractivity contribution < 1.29 is 9.53 Å². The lowest BCUT2D eigenvalue weighted by molar-refractivity contribution is 0.0919. The van der Waals surface area contributed by atoms with Crippen LogP contribution in [-0.2, 0) is 6.42 Å². The number of benzene rings is 2. The van der Waals surface area contributed by atoms with E-state index in [0.29, 0.717) is 0 Å². The summed E-state index contributed by atoms with van der Waals surface area (Å²) in [6.45, 7) is 8.17. The highest BCUT2D eigenvalue weighted by molar-refractivity contribution is 6.00. The Morgan fingerprint density at radius 1 is 1.05 bits per heavy atom. The summed E-state index contributed by atoms with van der Waals surface area (Å²) in [5.41, 5.74) is 5.13. The van der Waals surface area contributed by atoms with Gasteiger partial charge in [-0.15, -0.1) is 0 Å². The average Bonchev–Trinajstić information content (AvgIpc) is 2.44. The van der Waals surface area contributed by atoms with Gasteiger partial charge in [0.05, 0.1) is 0 Å². The van der Waals surface area contributed by atoms with E-state index < -0.39 is 0 Å². The Bertz CT molecular complexity index is 633. The molecule has 0 radical (unpaired) electrons. The molecule has 2 nitrogen and oxygen atoms in total. The van der Waals surface area contributed by atoms with Crippen LogP contribution in [0.25, 0.3) is 0 Å². The Morgan fingerprint density at radius 2 is 1.67 bits per heavy atom. The van der Waals surface area contributed by atoms with Crippen LogP contribution in [0.4, 0.5) is 0 Å². The van der Waals surface area contributed by atoms with Crippen molar-refractivity contribution in [2.75, 3.05) is 6.61 Å². The highest BCUT2D eigenvalue weighted by Gasteiger charge is 2.14. The molecule has 0 heterocycles. The molecule has 2 heteroatoms. The maximum Gasteiger partial charge on any atom is 0.200 e. The van der Waals surface area contributed by atoms with Crippen molar-refractivity contribution in [2.24, 2.45) is 0 Å². The zero-order valence-electron chi connectivity index (χ0n) is 13.2.